The standard InChI is InChI=1S/C19H15Cl3N4OS/c1-2-8-26-18(12-4-3-5-13(20)9-12)24-25-19(26)28-11-17(27)23-14-6-7-15(21)16(22)10-14/h2-7,9-10H,1,8,11H2,(H,23,27). The molecule has 0 saturated carbocycles. The van der Waals surface area contributed by atoms with Crippen molar-refractivity contribution in [3.05, 3.63) is 70.2 Å². The molecule has 1 aromatic heterocycles. The SMILES string of the molecule is C=CCn1c(SCC(=O)Nc2ccc(Cl)c(Cl)c2)nnc1-c1cccc(Cl)c1. The Kier molecular flexibility index (Phi) is 7.02. The van der Waals surface area contributed by atoms with Crippen LogP contribution in [0.3, 0.4) is 0 Å². The van der Waals surface area contributed by atoms with Crippen LogP contribution in [0.4, 0.5) is 5.69 Å². The third-order valence-electron chi connectivity index (χ3n) is 3.65. The zero-order valence-electron chi connectivity index (χ0n) is 14.5. The van der Waals surface area contributed by atoms with Crippen molar-refractivity contribution < 1.29 is 4.79 Å². The second-order valence-corrected chi connectivity index (χ2v) is 7.87. The fourth-order valence-electron chi connectivity index (χ4n) is 2.43. The highest BCUT2D eigenvalue weighted by molar-refractivity contribution is 7.99. The van der Waals surface area contributed by atoms with E-state index < -0.39 is 0 Å². The number of halogens is 3. The summed E-state index contributed by atoms with van der Waals surface area (Å²) < 4.78 is 1.88. The van der Waals surface area contributed by atoms with Gasteiger partial charge in [-0.2, -0.15) is 0 Å². The number of amides is 1. The number of nitrogens with zero attached hydrogens (tertiary/aromatic N) is 3. The predicted molar refractivity (Wildman–Crippen MR) is 116 cm³/mol. The molecule has 0 aliphatic heterocycles. The van der Waals surface area contributed by atoms with Crippen LogP contribution >= 0.6 is 46.6 Å². The maximum absolute atomic E-state index is 12.3. The lowest BCUT2D eigenvalue weighted by molar-refractivity contribution is -0.113. The van der Waals surface area contributed by atoms with Crippen LogP contribution in [-0.4, -0.2) is 26.4 Å². The third-order valence-corrected chi connectivity index (χ3v) is 5.59. The first kappa shape index (κ1) is 20.7. The van der Waals surface area contributed by atoms with E-state index in [1.54, 1.807) is 30.3 Å². The van der Waals surface area contributed by atoms with Crippen LogP contribution in [0.5, 0.6) is 0 Å². The number of rotatable bonds is 7. The van der Waals surface area contributed by atoms with Gasteiger partial charge < -0.3 is 5.32 Å². The number of nitrogens with one attached hydrogen (secondary N) is 1. The summed E-state index contributed by atoms with van der Waals surface area (Å²) in [5.74, 6) is 0.626. The first-order valence-electron chi connectivity index (χ1n) is 8.15. The number of thioether (sulfide) groups is 1. The molecule has 0 atom stereocenters. The highest BCUT2D eigenvalue weighted by atomic mass is 35.5. The van der Waals surface area contributed by atoms with E-state index in [0.29, 0.717) is 38.3 Å². The van der Waals surface area contributed by atoms with Crippen molar-refractivity contribution in [3.63, 3.8) is 0 Å². The van der Waals surface area contributed by atoms with Gasteiger partial charge in [0, 0.05) is 22.8 Å². The monoisotopic (exact) mass is 452 g/mol. The number of allylic oxidation sites excluding steroid dienone is 1. The Morgan fingerprint density at radius 2 is 1.96 bits per heavy atom. The van der Waals surface area contributed by atoms with Crippen LogP contribution in [0.2, 0.25) is 15.1 Å². The maximum atomic E-state index is 12.3. The molecule has 0 aliphatic rings. The summed E-state index contributed by atoms with van der Waals surface area (Å²) in [7, 11) is 0. The topological polar surface area (TPSA) is 59.8 Å². The number of aromatic nitrogens is 3. The molecule has 5 nitrogen and oxygen atoms in total. The van der Waals surface area contributed by atoms with E-state index in [1.165, 1.54) is 11.8 Å². The first-order valence-corrected chi connectivity index (χ1v) is 10.3. The molecule has 3 aromatic rings. The van der Waals surface area contributed by atoms with E-state index in [2.05, 4.69) is 22.1 Å². The molecule has 1 N–H and O–H groups in total. The summed E-state index contributed by atoms with van der Waals surface area (Å²) in [5.41, 5.74) is 1.42. The average molecular weight is 454 g/mol. The Morgan fingerprint density at radius 3 is 2.68 bits per heavy atom. The summed E-state index contributed by atoms with van der Waals surface area (Å²) in [6.07, 6.45) is 1.75. The van der Waals surface area contributed by atoms with Crippen molar-refractivity contribution in [1.29, 1.82) is 0 Å². The van der Waals surface area contributed by atoms with E-state index in [0.717, 1.165) is 5.56 Å². The maximum Gasteiger partial charge on any atom is 0.234 e. The Bertz CT molecular complexity index is 1020. The van der Waals surface area contributed by atoms with E-state index in [1.807, 2.05) is 22.8 Å². The number of hydrogen-bond acceptors (Lipinski definition) is 4. The van der Waals surface area contributed by atoms with Gasteiger partial charge in [0.05, 0.1) is 15.8 Å². The molecular formula is C19H15Cl3N4OS. The van der Waals surface area contributed by atoms with Crippen molar-refractivity contribution in [3.8, 4) is 11.4 Å². The average Bonchev–Trinajstić information content (AvgIpc) is 3.06. The number of benzene rings is 2. The summed E-state index contributed by atoms with van der Waals surface area (Å²) in [5, 5.41) is 13.3. The number of carbonyl (C=O) groups is 1. The summed E-state index contributed by atoms with van der Waals surface area (Å²) >= 11 is 19.2. The van der Waals surface area contributed by atoms with E-state index in [9.17, 15) is 4.79 Å². The summed E-state index contributed by atoms with van der Waals surface area (Å²) in [6, 6.07) is 12.3. The Hall–Kier alpha value is -1.99. The van der Waals surface area contributed by atoms with Gasteiger partial charge in [-0.1, -0.05) is 64.8 Å². The van der Waals surface area contributed by atoms with E-state index >= 15 is 0 Å². The lowest BCUT2D eigenvalue weighted by Crippen LogP contribution is -2.14. The second kappa shape index (κ2) is 9.47. The fraction of sp³-hybridized carbons (Fsp3) is 0.105. The molecule has 0 fully saturated rings. The van der Waals surface area contributed by atoms with Crippen molar-refractivity contribution >= 4 is 58.2 Å². The Balaban J connectivity index is 1.72. The van der Waals surface area contributed by atoms with Crippen LogP contribution in [0.1, 0.15) is 0 Å². The number of carbonyl (C=O) groups excluding carboxylic acids is 1. The lowest BCUT2D eigenvalue weighted by Gasteiger charge is -2.09. The van der Waals surface area contributed by atoms with Gasteiger partial charge in [-0.05, 0) is 30.3 Å². The van der Waals surface area contributed by atoms with Crippen molar-refractivity contribution in [1.82, 2.24) is 14.8 Å². The van der Waals surface area contributed by atoms with Gasteiger partial charge in [-0.25, -0.2) is 0 Å². The Labute approximate surface area is 181 Å². The molecule has 0 bridgehead atoms. The molecule has 0 spiro atoms. The normalized spacial score (nSPS) is 10.7. The zero-order valence-corrected chi connectivity index (χ0v) is 17.6. The molecule has 28 heavy (non-hydrogen) atoms. The minimum absolute atomic E-state index is 0.158. The highest BCUT2D eigenvalue weighted by Crippen LogP contribution is 2.27. The second-order valence-electron chi connectivity index (χ2n) is 5.68. The van der Waals surface area contributed by atoms with Gasteiger partial charge in [0.1, 0.15) is 0 Å². The molecule has 3 rings (SSSR count). The predicted octanol–water partition coefficient (Wildman–Crippen LogP) is 5.82. The van der Waals surface area contributed by atoms with Crippen molar-refractivity contribution in [2.24, 2.45) is 0 Å². The minimum atomic E-state index is -0.194. The van der Waals surface area contributed by atoms with Crippen molar-refractivity contribution in [2.75, 3.05) is 11.1 Å². The summed E-state index contributed by atoms with van der Waals surface area (Å²) in [4.78, 5) is 12.3. The molecule has 1 heterocycles. The Morgan fingerprint density at radius 1 is 1.14 bits per heavy atom. The molecule has 0 aliphatic carbocycles. The quantitative estimate of drug-likeness (QED) is 0.361. The van der Waals surface area contributed by atoms with E-state index in [4.69, 9.17) is 34.8 Å². The first-order chi connectivity index (χ1) is 13.5. The number of anilines is 1. The molecule has 0 saturated heterocycles. The molecule has 0 radical (unpaired) electrons. The summed E-state index contributed by atoms with van der Waals surface area (Å²) in [6.45, 7) is 4.29. The van der Waals surface area contributed by atoms with Crippen LogP contribution in [0.25, 0.3) is 11.4 Å². The molecular weight excluding hydrogens is 439 g/mol. The third kappa shape index (κ3) is 5.08. The van der Waals surface area contributed by atoms with Crippen LogP contribution in [0, 0.1) is 0 Å². The van der Waals surface area contributed by atoms with E-state index in [-0.39, 0.29) is 11.7 Å². The van der Waals surface area contributed by atoms with Gasteiger partial charge >= 0.3 is 0 Å². The molecule has 1 amide bonds. The molecule has 144 valence electrons. The number of hydrogen-bond donors (Lipinski definition) is 1. The van der Waals surface area contributed by atoms with Gasteiger partial charge in [0.2, 0.25) is 5.91 Å². The van der Waals surface area contributed by atoms with Gasteiger partial charge in [-0.3, -0.25) is 9.36 Å². The van der Waals surface area contributed by atoms with Gasteiger partial charge in [0.25, 0.3) is 0 Å². The molecule has 0 unspecified atom stereocenters. The van der Waals surface area contributed by atoms with Gasteiger partial charge in [-0.15, -0.1) is 16.8 Å². The van der Waals surface area contributed by atoms with Crippen LogP contribution < -0.4 is 5.32 Å². The highest BCUT2D eigenvalue weighted by Gasteiger charge is 2.15. The van der Waals surface area contributed by atoms with Crippen LogP contribution in [-0.2, 0) is 11.3 Å². The largest absolute Gasteiger partial charge is 0.325 e. The fourth-order valence-corrected chi connectivity index (χ4v) is 3.67. The zero-order chi connectivity index (χ0) is 20.1. The smallest absolute Gasteiger partial charge is 0.234 e. The lowest BCUT2D eigenvalue weighted by atomic mass is 10.2. The van der Waals surface area contributed by atoms with Gasteiger partial charge in [0.15, 0.2) is 11.0 Å². The molecule has 9 heteroatoms. The van der Waals surface area contributed by atoms with Crippen LogP contribution in [0.15, 0.2) is 60.3 Å². The van der Waals surface area contributed by atoms with Crippen molar-refractivity contribution in [2.45, 2.75) is 11.7 Å². The molecule has 2 aromatic carbocycles. The minimum Gasteiger partial charge on any atom is -0.325 e.